The van der Waals surface area contributed by atoms with Crippen LogP contribution in [-0.2, 0) is 19.1 Å². The van der Waals surface area contributed by atoms with Crippen molar-refractivity contribution < 1.29 is 33.3 Å². The maximum absolute atomic E-state index is 12.8. The van der Waals surface area contributed by atoms with E-state index in [0.29, 0.717) is 53.4 Å². The van der Waals surface area contributed by atoms with Crippen molar-refractivity contribution in [3.8, 4) is 17.2 Å². The van der Waals surface area contributed by atoms with Crippen molar-refractivity contribution in [3.63, 3.8) is 0 Å². The third-order valence-corrected chi connectivity index (χ3v) is 4.94. The molecule has 0 saturated carbocycles. The molecule has 0 aromatic heterocycles. The zero-order valence-corrected chi connectivity index (χ0v) is 16.3. The second kappa shape index (κ2) is 7.84. The summed E-state index contributed by atoms with van der Waals surface area (Å²) in [5, 5.41) is 0. The summed E-state index contributed by atoms with van der Waals surface area (Å²) >= 11 is 0. The second-order valence-electron chi connectivity index (χ2n) is 6.34. The number of nitrogens with two attached hydrogens (primary N) is 1. The molecule has 0 spiro atoms. The highest BCUT2D eigenvalue weighted by Gasteiger charge is 2.43. The number of rotatable bonds is 5. The quantitative estimate of drug-likeness (QED) is 0.764. The van der Waals surface area contributed by atoms with Crippen LogP contribution < -0.4 is 19.9 Å². The summed E-state index contributed by atoms with van der Waals surface area (Å²) in [6.07, 6.45) is 1.58. The van der Waals surface area contributed by atoms with Crippen molar-refractivity contribution in [2.24, 2.45) is 5.73 Å². The van der Waals surface area contributed by atoms with Crippen LogP contribution in [0, 0.1) is 0 Å². The molecule has 1 aliphatic heterocycles. The van der Waals surface area contributed by atoms with Gasteiger partial charge in [0, 0.05) is 24.0 Å². The molecule has 0 amide bonds. The Bertz CT molecular complexity index is 885. The third-order valence-electron chi connectivity index (χ3n) is 4.94. The Labute approximate surface area is 162 Å². The van der Waals surface area contributed by atoms with Crippen LogP contribution in [0.1, 0.15) is 30.7 Å². The van der Waals surface area contributed by atoms with Crippen LogP contribution >= 0.6 is 0 Å². The van der Waals surface area contributed by atoms with Crippen molar-refractivity contribution in [2.75, 3.05) is 28.4 Å². The number of ketones is 1. The molecule has 0 fully saturated rings. The molecule has 1 aliphatic carbocycles. The molecule has 0 unspecified atom stereocenters. The number of benzene rings is 1. The van der Waals surface area contributed by atoms with Gasteiger partial charge < -0.3 is 29.4 Å². The van der Waals surface area contributed by atoms with Crippen LogP contribution in [0.4, 0.5) is 0 Å². The van der Waals surface area contributed by atoms with Crippen molar-refractivity contribution >= 4 is 11.8 Å². The van der Waals surface area contributed by atoms with Crippen LogP contribution in [0.25, 0.3) is 0 Å². The summed E-state index contributed by atoms with van der Waals surface area (Å²) in [5.41, 5.74) is 7.06. The van der Waals surface area contributed by atoms with Gasteiger partial charge in [-0.2, -0.15) is 0 Å². The van der Waals surface area contributed by atoms with Crippen molar-refractivity contribution in [1.29, 1.82) is 0 Å². The molecule has 0 saturated heterocycles. The number of hydrogen-bond acceptors (Lipinski definition) is 8. The Kier molecular flexibility index (Phi) is 5.48. The van der Waals surface area contributed by atoms with Gasteiger partial charge in [-0.1, -0.05) is 6.07 Å². The van der Waals surface area contributed by atoms with Crippen LogP contribution in [0.2, 0.25) is 0 Å². The fourth-order valence-corrected chi connectivity index (χ4v) is 3.73. The third kappa shape index (κ3) is 3.04. The van der Waals surface area contributed by atoms with E-state index in [0.717, 1.165) is 0 Å². The van der Waals surface area contributed by atoms with Crippen LogP contribution in [-0.4, -0.2) is 40.2 Å². The highest BCUT2D eigenvalue weighted by Crippen LogP contribution is 2.50. The molecular weight excluding hydrogens is 366 g/mol. The SMILES string of the molecule is COC(=O)C1=C(N)OC2=C(C(=O)CCC2)[C@H]1c1ccc(OC)c(OC)c1OC. The zero-order chi connectivity index (χ0) is 20.4. The summed E-state index contributed by atoms with van der Waals surface area (Å²) in [6, 6.07) is 3.41. The largest absolute Gasteiger partial charge is 0.493 e. The average Bonchev–Trinajstić information content (AvgIpc) is 2.71. The molecule has 3 rings (SSSR count). The monoisotopic (exact) mass is 389 g/mol. The Morgan fingerprint density at radius 1 is 1.07 bits per heavy atom. The van der Waals surface area contributed by atoms with Crippen LogP contribution in [0.3, 0.4) is 0 Å². The number of Topliss-reactive ketones (excluding diaryl/α,β-unsaturated/α-hetero) is 1. The van der Waals surface area contributed by atoms with E-state index in [1.54, 1.807) is 12.1 Å². The van der Waals surface area contributed by atoms with Gasteiger partial charge in [0.25, 0.3) is 0 Å². The normalized spacial score (nSPS) is 19.0. The zero-order valence-electron chi connectivity index (χ0n) is 16.3. The predicted octanol–water partition coefficient (Wildman–Crippen LogP) is 2.18. The average molecular weight is 389 g/mol. The van der Waals surface area contributed by atoms with Gasteiger partial charge in [-0.05, 0) is 12.5 Å². The summed E-state index contributed by atoms with van der Waals surface area (Å²) in [5.74, 6) is -0.0309. The lowest BCUT2D eigenvalue weighted by Crippen LogP contribution is -2.31. The van der Waals surface area contributed by atoms with Crippen molar-refractivity contribution in [3.05, 3.63) is 40.5 Å². The van der Waals surface area contributed by atoms with E-state index < -0.39 is 11.9 Å². The highest BCUT2D eigenvalue weighted by atomic mass is 16.5. The molecular formula is C20H23NO7. The Balaban J connectivity index is 2.30. The smallest absolute Gasteiger partial charge is 0.340 e. The minimum absolute atomic E-state index is 0.0574. The maximum atomic E-state index is 12.8. The highest BCUT2D eigenvalue weighted by molar-refractivity contribution is 6.03. The summed E-state index contributed by atoms with van der Waals surface area (Å²) in [4.78, 5) is 25.4. The van der Waals surface area contributed by atoms with Gasteiger partial charge in [-0.3, -0.25) is 4.79 Å². The van der Waals surface area contributed by atoms with E-state index in [9.17, 15) is 9.59 Å². The molecule has 8 heteroatoms. The molecule has 1 aromatic rings. The number of hydrogen-bond donors (Lipinski definition) is 1. The molecule has 1 aromatic carbocycles. The molecule has 1 atom stereocenters. The minimum Gasteiger partial charge on any atom is -0.493 e. The second-order valence-corrected chi connectivity index (χ2v) is 6.34. The van der Waals surface area contributed by atoms with E-state index in [-0.39, 0.29) is 17.2 Å². The van der Waals surface area contributed by atoms with Crippen LogP contribution in [0.5, 0.6) is 17.2 Å². The van der Waals surface area contributed by atoms with Gasteiger partial charge in [-0.25, -0.2) is 4.79 Å². The fourth-order valence-electron chi connectivity index (χ4n) is 3.73. The first-order valence-electron chi connectivity index (χ1n) is 8.79. The number of ether oxygens (including phenoxy) is 5. The standard InChI is InChI=1S/C20H23NO7/c1-24-13-9-8-10(17(25-2)18(13)26-3)14-15-11(22)6-5-7-12(15)28-19(21)16(14)20(23)27-4/h8-9,14H,5-7,21H2,1-4H3/t14-/m1/s1. The van der Waals surface area contributed by atoms with E-state index >= 15 is 0 Å². The molecule has 0 radical (unpaired) electrons. The molecule has 2 N–H and O–H groups in total. The Hall–Kier alpha value is -3.16. The van der Waals surface area contributed by atoms with E-state index in [4.69, 9.17) is 29.4 Å². The molecule has 8 nitrogen and oxygen atoms in total. The van der Waals surface area contributed by atoms with Gasteiger partial charge >= 0.3 is 5.97 Å². The number of allylic oxidation sites excluding steroid dienone is 2. The van der Waals surface area contributed by atoms with Crippen LogP contribution in [0.15, 0.2) is 34.9 Å². The molecule has 0 bridgehead atoms. The molecule has 1 heterocycles. The predicted molar refractivity (Wildman–Crippen MR) is 99.0 cm³/mol. The van der Waals surface area contributed by atoms with Gasteiger partial charge in [-0.15, -0.1) is 0 Å². The summed E-state index contributed by atoms with van der Waals surface area (Å²) < 4.78 is 26.9. The minimum atomic E-state index is -0.793. The first-order valence-corrected chi connectivity index (χ1v) is 8.79. The summed E-state index contributed by atoms with van der Waals surface area (Å²) in [6.45, 7) is 0. The number of carbonyl (C=O) groups is 2. The lowest BCUT2D eigenvalue weighted by Gasteiger charge is -2.33. The van der Waals surface area contributed by atoms with E-state index in [2.05, 4.69) is 0 Å². The van der Waals surface area contributed by atoms with E-state index in [1.807, 2.05) is 0 Å². The number of esters is 1. The van der Waals surface area contributed by atoms with Gasteiger partial charge in [0.1, 0.15) is 11.3 Å². The van der Waals surface area contributed by atoms with Gasteiger partial charge in [0.2, 0.25) is 11.6 Å². The first-order chi connectivity index (χ1) is 13.5. The van der Waals surface area contributed by atoms with Gasteiger partial charge in [0.05, 0.1) is 34.4 Å². The fraction of sp³-hybridized carbons (Fsp3) is 0.400. The Morgan fingerprint density at radius 3 is 2.39 bits per heavy atom. The topological polar surface area (TPSA) is 106 Å². The molecule has 150 valence electrons. The lowest BCUT2D eigenvalue weighted by molar-refractivity contribution is -0.136. The number of methoxy groups -OCH3 is 4. The van der Waals surface area contributed by atoms with Crippen molar-refractivity contribution in [1.82, 2.24) is 0 Å². The lowest BCUT2D eigenvalue weighted by atomic mass is 9.77. The first kappa shape index (κ1) is 19.6. The Morgan fingerprint density at radius 2 is 1.79 bits per heavy atom. The van der Waals surface area contributed by atoms with E-state index in [1.165, 1.54) is 28.4 Å². The summed E-state index contributed by atoms with van der Waals surface area (Å²) in [7, 11) is 5.71. The van der Waals surface area contributed by atoms with Gasteiger partial charge in [0.15, 0.2) is 17.3 Å². The number of carbonyl (C=O) groups excluding carboxylic acids is 2. The molecule has 28 heavy (non-hydrogen) atoms. The maximum Gasteiger partial charge on any atom is 0.340 e. The van der Waals surface area contributed by atoms with Crippen molar-refractivity contribution in [2.45, 2.75) is 25.2 Å². The molecule has 2 aliphatic rings.